The summed E-state index contributed by atoms with van der Waals surface area (Å²) < 4.78 is 63.9. The normalized spacial score (nSPS) is 14.0. The molecule has 5 aromatic rings. The van der Waals surface area contributed by atoms with Crippen LogP contribution in [0.2, 0.25) is 0 Å². The minimum atomic E-state index is -1.25. The van der Waals surface area contributed by atoms with Crippen molar-refractivity contribution in [3.63, 3.8) is 0 Å². The molecule has 0 radical (unpaired) electrons. The zero-order chi connectivity index (χ0) is 41.4. The molecule has 0 bridgehead atoms. The van der Waals surface area contributed by atoms with E-state index in [9.17, 15) is 40.4 Å². The van der Waals surface area contributed by atoms with Crippen LogP contribution in [0.15, 0.2) is 96.6 Å². The van der Waals surface area contributed by atoms with Crippen LogP contribution in [0.4, 0.5) is 17.6 Å². The third-order valence-corrected chi connectivity index (χ3v) is 9.50. The third-order valence-electron chi connectivity index (χ3n) is 9.50. The Morgan fingerprint density at radius 2 is 0.931 bits per heavy atom. The molecule has 0 aromatic heterocycles. The lowest BCUT2D eigenvalue weighted by Crippen LogP contribution is -2.04. The van der Waals surface area contributed by atoms with Crippen molar-refractivity contribution in [1.82, 2.24) is 0 Å². The van der Waals surface area contributed by atoms with Gasteiger partial charge < -0.3 is 0 Å². The summed E-state index contributed by atoms with van der Waals surface area (Å²) in [6, 6.07) is 27.9. The van der Waals surface area contributed by atoms with E-state index in [1.807, 2.05) is 36.4 Å². The van der Waals surface area contributed by atoms with E-state index in [2.05, 4.69) is 9.69 Å². The Morgan fingerprint density at radius 1 is 0.483 bits per heavy atom. The van der Waals surface area contributed by atoms with Crippen molar-refractivity contribution >= 4 is 33.7 Å². The second kappa shape index (κ2) is 14.5. The van der Waals surface area contributed by atoms with Gasteiger partial charge in [-0.1, -0.05) is 24.3 Å². The maximum absolute atomic E-state index is 17.4. The molecule has 8 nitrogen and oxygen atoms in total. The Labute approximate surface area is 327 Å². The van der Waals surface area contributed by atoms with Crippen LogP contribution in [-0.4, -0.2) is 0 Å². The topological polar surface area (TPSA) is 151 Å². The van der Waals surface area contributed by atoms with Gasteiger partial charge in [-0.25, -0.2) is 27.3 Å². The van der Waals surface area contributed by atoms with Crippen molar-refractivity contribution in [1.29, 1.82) is 31.6 Å². The summed E-state index contributed by atoms with van der Waals surface area (Å²) >= 11 is 0. The van der Waals surface area contributed by atoms with Crippen molar-refractivity contribution in [2.45, 2.75) is 0 Å². The quantitative estimate of drug-likeness (QED) is 0.101. The van der Waals surface area contributed by atoms with Gasteiger partial charge in [0.25, 0.3) is 0 Å². The van der Waals surface area contributed by atoms with Crippen molar-refractivity contribution in [3.05, 3.63) is 187 Å². The summed E-state index contributed by atoms with van der Waals surface area (Å²) in [5.41, 5.74) is -4.98. The monoisotopic (exact) mass is 754 g/mol. The van der Waals surface area contributed by atoms with Crippen LogP contribution >= 0.6 is 0 Å². The Kier molecular flexibility index (Phi) is 9.26. The molecule has 0 unspecified atom stereocenters. The molecule has 7 rings (SSSR count). The Hall–Kier alpha value is -9.30. The van der Waals surface area contributed by atoms with Crippen molar-refractivity contribution in [2.75, 3.05) is 0 Å². The maximum atomic E-state index is 17.4. The SMILES string of the molecule is [C-]#[N+]C1=C(F)/C(=C(/C#N)c2cc(C#N)cc(C#N)c2)c2c1c(-c1ccc(F)cc1)c1c(c2-c2ccc(F)cc2)C(C#N)=C(F)/C1=C(/[N+]#[C-])c1cc(C#N)cc(C#N)c1. The average Bonchev–Trinajstić information content (AvgIpc) is 3.69. The number of nitriles is 6. The number of rotatable bonds is 4. The van der Waals surface area contributed by atoms with Gasteiger partial charge in [0.1, 0.15) is 35.4 Å². The second-order valence-electron chi connectivity index (χ2n) is 12.6. The molecule has 266 valence electrons. The zero-order valence-electron chi connectivity index (χ0n) is 29.2. The van der Waals surface area contributed by atoms with Gasteiger partial charge in [0, 0.05) is 22.3 Å². The number of hydrogen-bond donors (Lipinski definition) is 0. The van der Waals surface area contributed by atoms with Crippen LogP contribution in [-0.2, 0) is 0 Å². The Bertz CT molecular complexity index is 2940. The summed E-state index contributed by atoms with van der Waals surface area (Å²) in [6.07, 6.45) is 0. The lowest BCUT2D eigenvalue weighted by atomic mass is 9.78. The lowest BCUT2D eigenvalue weighted by Gasteiger charge is -2.24. The van der Waals surface area contributed by atoms with E-state index < -0.39 is 57.0 Å². The van der Waals surface area contributed by atoms with E-state index in [-0.39, 0.29) is 77.9 Å². The van der Waals surface area contributed by atoms with E-state index >= 15 is 8.78 Å². The molecule has 2 aliphatic rings. The van der Waals surface area contributed by atoms with Crippen LogP contribution in [0.3, 0.4) is 0 Å². The minimum absolute atomic E-state index is 0.0567. The summed E-state index contributed by atoms with van der Waals surface area (Å²) in [5.74, 6) is -3.92. The summed E-state index contributed by atoms with van der Waals surface area (Å²) in [6.45, 7) is 16.5. The first-order valence-corrected chi connectivity index (χ1v) is 16.6. The van der Waals surface area contributed by atoms with Gasteiger partial charge in [-0.3, -0.25) is 0 Å². The summed E-state index contributed by atoms with van der Waals surface area (Å²) in [5, 5.41) is 60.4. The molecule has 0 spiro atoms. The Balaban J connectivity index is 1.82. The molecule has 2 aliphatic carbocycles. The van der Waals surface area contributed by atoms with E-state index in [1.165, 1.54) is 60.7 Å². The van der Waals surface area contributed by atoms with Gasteiger partial charge in [0.2, 0.25) is 11.4 Å². The van der Waals surface area contributed by atoms with Crippen LogP contribution in [0.25, 0.3) is 65.6 Å². The minimum Gasteiger partial charge on any atom is -0.237 e. The van der Waals surface area contributed by atoms with Crippen molar-refractivity contribution < 1.29 is 17.6 Å². The van der Waals surface area contributed by atoms with Gasteiger partial charge in [-0.05, 0) is 105 Å². The highest BCUT2D eigenvalue weighted by Gasteiger charge is 2.44. The fourth-order valence-corrected chi connectivity index (χ4v) is 7.22. The molecule has 0 heterocycles. The molecule has 5 aromatic carbocycles. The fraction of sp³-hybridized carbons (Fsp3) is 0. The number of fused-ring (bicyclic) bond motifs is 2. The highest BCUT2D eigenvalue weighted by atomic mass is 19.1. The standard InChI is InChI=1S/C46H14F4N8/c1-57-45(30-15-25(19-53)12-26(16-30)20-54)42-39-36(28-5-9-32(48)10-6-28)41-40(35(27-3-7-31(47)8-4-27)37(39)34(22-56)43(42)49)38(44(50)46(41)58-2)33(21-55)29-13-23(17-51)11-24(14-29)18-52/h3-16H/b38-33-,45-42+. The summed E-state index contributed by atoms with van der Waals surface area (Å²) in [4.78, 5) is 7.13. The van der Waals surface area contributed by atoms with Crippen LogP contribution in [0.1, 0.15) is 55.6 Å². The summed E-state index contributed by atoms with van der Waals surface area (Å²) in [7, 11) is 0. The predicted molar refractivity (Wildman–Crippen MR) is 203 cm³/mol. The average molecular weight is 755 g/mol. The largest absolute Gasteiger partial charge is 0.237 e. The highest BCUT2D eigenvalue weighted by Crippen LogP contribution is 2.61. The first kappa shape index (κ1) is 37.0. The molecular formula is C46H14F4N8. The molecule has 0 atom stereocenters. The van der Waals surface area contributed by atoms with Gasteiger partial charge in [-0.2, -0.15) is 31.6 Å². The molecule has 0 N–H and O–H groups in total. The van der Waals surface area contributed by atoms with Gasteiger partial charge >= 0.3 is 0 Å². The van der Waals surface area contributed by atoms with Gasteiger partial charge in [-0.15, -0.1) is 0 Å². The Morgan fingerprint density at radius 3 is 1.34 bits per heavy atom. The van der Waals surface area contributed by atoms with Crippen LogP contribution in [0.5, 0.6) is 0 Å². The van der Waals surface area contributed by atoms with Crippen LogP contribution in [0, 0.1) is 92.8 Å². The van der Waals surface area contributed by atoms with Crippen molar-refractivity contribution in [2.24, 2.45) is 0 Å². The molecular weight excluding hydrogens is 741 g/mol. The molecule has 0 amide bonds. The molecule has 0 saturated heterocycles. The predicted octanol–water partition coefficient (Wildman–Crippen LogP) is 10.8. The molecule has 0 fully saturated rings. The smallest absolute Gasteiger partial charge is 0.231 e. The van der Waals surface area contributed by atoms with Gasteiger partial charge in [0.05, 0.1) is 70.8 Å². The van der Waals surface area contributed by atoms with E-state index in [0.717, 1.165) is 24.3 Å². The first-order chi connectivity index (χ1) is 28.1. The third kappa shape index (κ3) is 5.71. The van der Waals surface area contributed by atoms with E-state index in [4.69, 9.17) is 13.1 Å². The van der Waals surface area contributed by atoms with Crippen LogP contribution < -0.4 is 0 Å². The molecule has 58 heavy (non-hydrogen) atoms. The van der Waals surface area contributed by atoms with E-state index in [0.29, 0.717) is 0 Å². The second-order valence-corrected chi connectivity index (χ2v) is 12.6. The number of halogens is 4. The maximum Gasteiger partial charge on any atom is 0.231 e. The zero-order valence-corrected chi connectivity index (χ0v) is 29.2. The number of benzene rings is 5. The molecule has 0 aliphatic heterocycles. The van der Waals surface area contributed by atoms with Gasteiger partial charge in [0.15, 0.2) is 0 Å². The number of hydrogen-bond acceptors (Lipinski definition) is 6. The molecule has 0 saturated carbocycles. The lowest BCUT2D eigenvalue weighted by molar-refractivity contribution is 0.627. The fourth-order valence-electron chi connectivity index (χ4n) is 7.22. The van der Waals surface area contributed by atoms with E-state index in [1.54, 1.807) is 0 Å². The van der Waals surface area contributed by atoms with Crippen molar-refractivity contribution in [3.8, 4) is 58.7 Å². The number of nitrogens with zero attached hydrogens (tertiary/aromatic N) is 8. The number of allylic oxidation sites excluding steroid dienone is 6. The molecule has 12 heteroatoms. The highest BCUT2D eigenvalue weighted by molar-refractivity contribution is 6.24. The first-order valence-electron chi connectivity index (χ1n) is 16.6.